The molecule has 2 aromatic carbocycles. The second-order valence-electron chi connectivity index (χ2n) is 5.99. The van der Waals surface area contributed by atoms with Gasteiger partial charge in [-0.05, 0) is 61.7 Å². The van der Waals surface area contributed by atoms with Gasteiger partial charge < -0.3 is 9.47 Å². The van der Waals surface area contributed by atoms with Crippen LogP contribution >= 0.6 is 11.6 Å². The Morgan fingerprint density at radius 3 is 2.37 bits per heavy atom. The van der Waals surface area contributed by atoms with Gasteiger partial charge in [-0.2, -0.15) is 0 Å². The number of halogens is 1. The number of ether oxygens (including phenoxy) is 2. The van der Waals surface area contributed by atoms with Crippen molar-refractivity contribution in [3.8, 4) is 11.5 Å². The van der Waals surface area contributed by atoms with E-state index in [9.17, 15) is 9.59 Å². The van der Waals surface area contributed by atoms with Crippen LogP contribution in [0.25, 0.3) is 0 Å². The number of carbonyl (C=O) groups excluding carboxylic acids is 2. The molecule has 144 valence electrons. The molecule has 1 atom stereocenters. The maximum absolute atomic E-state index is 12.0. The number of rotatable bonds is 7. The molecule has 0 radical (unpaired) electrons. The van der Waals surface area contributed by atoms with Crippen molar-refractivity contribution in [3.05, 3.63) is 58.6 Å². The number of amides is 2. The topological polar surface area (TPSA) is 76.7 Å². The molecule has 0 spiro atoms. The van der Waals surface area contributed by atoms with E-state index in [0.717, 1.165) is 12.0 Å². The summed E-state index contributed by atoms with van der Waals surface area (Å²) in [6.45, 7) is 5.26. The summed E-state index contributed by atoms with van der Waals surface area (Å²) in [5.74, 6) is 0.147. The molecule has 0 aliphatic heterocycles. The molecule has 0 fully saturated rings. The van der Waals surface area contributed by atoms with Crippen molar-refractivity contribution in [3.63, 3.8) is 0 Å². The lowest BCUT2D eigenvalue weighted by Crippen LogP contribution is -2.48. The molecule has 0 aliphatic rings. The van der Waals surface area contributed by atoms with Crippen LogP contribution < -0.4 is 20.3 Å². The van der Waals surface area contributed by atoms with E-state index in [2.05, 4.69) is 17.8 Å². The number of hydrazine groups is 1. The highest BCUT2D eigenvalue weighted by Gasteiger charge is 2.15. The molecule has 2 amide bonds. The minimum atomic E-state index is -0.766. The van der Waals surface area contributed by atoms with Crippen molar-refractivity contribution in [2.24, 2.45) is 0 Å². The van der Waals surface area contributed by atoms with Gasteiger partial charge >= 0.3 is 0 Å². The van der Waals surface area contributed by atoms with Gasteiger partial charge in [0.05, 0.1) is 0 Å². The van der Waals surface area contributed by atoms with E-state index in [4.69, 9.17) is 21.1 Å². The fraction of sp³-hybridized carbons (Fsp3) is 0.300. The molecule has 1 unspecified atom stereocenters. The van der Waals surface area contributed by atoms with E-state index in [1.807, 2.05) is 31.2 Å². The van der Waals surface area contributed by atoms with Gasteiger partial charge in [0.2, 0.25) is 0 Å². The van der Waals surface area contributed by atoms with Crippen molar-refractivity contribution in [2.75, 3.05) is 6.61 Å². The van der Waals surface area contributed by atoms with Crippen molar-refractivity contribution >= 4 is 23.4 Å². The van der Waals surface area contributed by atoms with Gasteiger partial charge in [0.15, 0.2) is 12.7 Å². The zero-order valence-corrected chi connectivity index (χ0v) is 16.3. The lowest BCUT2D eigenvalue weighted by Gasteiger charge is -2.15. The SMILES string of the molecule is CCc1ccc(OC(C)C(=O)NNC(=O)COc2ccc(Cl)c(C)c2)cc1. The quantitative estimate of drug-likeness (QED) is 0.712. The Morgan fingerprint density at radius 1 is 1.07 bits per heavy atom. The molecule has 0 aromatic heterocycles. The summed E-state index contributed by atoms with van der Waals surface area (Å²) < 4.78 is 10.9. The van der Waals surface area contributed by atoms with Crippen LogP contribution in [0.3, 0.4) is 0 Å². The lowest BCUT2D eigenvalue weighted by molar-refractivity contribution is -0.133. The van der Waals surface area contributed by atoms with Gasteiger partial charge in [0, 0.05) is 5.02 Å². The zero-order valence-electron chi connectivity index (χ0n) is 15.5. The van der Waals surface area contributed by atoms with E-state index in [0.29, 0.717) is 16.5 Å². The van der Waals surface area contributed by atoms with E-state index in [1.165, 1.54) is 5.56 Å². The van der Waals surface area contributed by atoms with E-state index in [-0.39, 0.29) is 6.61 Å². The summed E-state index contributed by atoms with van der Waals surface area (Å²) in [5.41, 5.74) is 6.64. The average molecular weight is 391 g/mol. The molecule has 27 heavy (non-hydrogen) atoms. The maximum atomic E-state index is 12.0. The molecule has 7 heteroatoms. The van der Waals surface area contributed by atoms with Crippen LogP contribution in [-0.4, -0.2) is 24.5 Å². The summed E-state index contributed by atoms with van der Waals surface area (Å²) >= 11 is 5.94. The Bertz CT molecular complexity index is 793. The van der Waals surface area contributed by atoms with E-state index >= 15 is 0 Å². The molecule has 0 heterocycles. The molecule has 2 aromatic rings. The van der Waals surface area contributed by atoms with Crippen molar-refractivity contribution < 1.29 is 19.1 Å². The van der Waals surface area contributed by atoms with Gasteiger partial charge in [0.25, 0.3) is 11.8 Å². The molecule has 0 aliphatic carbocycles. The monoisotopic (exact) mass is 390 g/mol. The Balaban J connectivity index is 1.74. The van der Waals surface area contributed by atoms with Crippen LogP contribution in [0.1, 0.15) is 25.0 Å². The highest BCUT2D eigenvalue weighted by atomic mass is 35.5. The Hall–Kier alpha value is -2.73. The summed E-state index contributed by atoms with van der Waals surface area (Å²) in [7, 11) is 0. The fourth-order valence-corrected chi connectivity index (χ4v) is 2.30. The van der Waals surface area contributed by atoms with Crippen molar-refractivity contribution in [1.82, 2.24) is 10.9 Å². The third kappa shape index (κ3) is 6.49. The Morgan fingerprint density at radius 2 is 1.74 bits per heavy atom. The standard InChI is InChI=1S/C20H23ClN2O4/c1-4-15-5-7-16(8-6-15)27-14(3)20(25)23-22-19(24)12-26-17-9-10-18(21)13(2)11-17/h5-11,14H,4,12H2,1-3H3,(H,22,24)(H,23,25). The first-order chi connectivity index (χ1) is 12.9. The molecule has 0 saturated carbocycles. The first-order valence-corrected chi connectivity index (χ1v) is 9.00. The van der Waals surface area contributed by atoms with Gasteiger partial charge in [-0.25, -0.2) is 0 Å². The van der Waals surface area contributed by atoms with Gasteiger partial charge in [-0.1, -0.05) is 30.7 Å². The molecule has 0 bridgehead atoms. The second-order valence-corrected chi connectivity index (χ2v) is 6.40. The normalized spacial score (nSPS) is 11.4. The number of aryl methyl sites for hydroxylation is 2. The number of hydrogen-bond acceptors (Lipinski definition) is 4. The third-order valence-electron chi connectivity index (χ3n) is 3.84. The van der Waals surface area contributed by atoms with Crippen LogP contribution in [0.15, 0.2) is 42.5 Å². The van der Waals surface area contributed by atoms with Gasteiger partial charge in [-0.15, -0.1) is 0 Å². The lowest BCUT2D eigenvalue weighted by atomic mass is 10.2. The summed E-state index contributed by atoms with van der Waals surface area (Å²) in [6, 6.07) is 12.6. The second kappa shape index (κ2) is 9.83. The maximum Gasteiger partial charge on any atom is 0.279 e. The molecule has 2 N–H and O–H groups in total. The molecule has 2 rings (SSSR count). The van der Waals surface area contributed by atoms with Crippen LogP contribution in [0.4, 0.5) is 0 Å². The van der Waals surface area contributed by atoms with Gasteiger partial charge in [0.1, 0.15) is 11.5 Å². The number of hydrogen-bond donors (Lipinski definition) is 2. The van der Waals surface area contributed by atoms with Crippen molar-refractivity contribution in [1.29, 1.82) is 0 Å². The number of nitrogens with one attached hydrogen (secondary N) is 2. The van der Waals surface area contributed by atoms with Crippen LogP contribution in [0.5, 0.6) is 11.5 Å². The Labute approximate surface area is 163 Å². The zero-order chi connectivity index (χ0) is 19.8. The summed E-state index contributed by atoms with van der Waals surface area (Å²) in [6.07, 6.45) is 0.164. The molecular weight excluding hydrogens is 368 g/mol. The highest BCUT2D eigenvalue weighted by Crippen LogP contribution is 2.20. The largest absolute Gasteiger partial charge is 0.484 e. The third-order valence-corrected chi connectivity index (χ3v) is 4.26. The molecule has 0 saturated heterocycles. The molecular formula is C20H23ClN2O4. The number of benzene rings is 2. The minimum Gasteiger partial charge on any atom is -0.484 e. The van der Waals surface area contributed by atoms with E-state index in [1.54, 1.807) is 25.1 Å². The first-order valence-electron chi connectivity index (χ1n) is 8.62. The van der Waals surface area contributed by atoms with Crippen LogP contribution in [-0.2, 0) is 16.0 Å². The molecule has 6 nitrogen and oxygen atoms in total. The Kier molecular flexibility index (Phi) is 7.49. The minimum absolute atomic E-state index is 0.241. The predicted molar refractivity (Wildman–Crippen MR) is 104 cm³/mol. The first kappa shape index (κ1) is 20.6. The summed E-state index contributed by atoms with van der Waals surface area (Å²) in [5, 5.41) is 0.623. The summed E-state index contributed by atoms with van der Waals surface area (Å²) in [4.78, 5) is 23.8. The van der Waals surface area contributed by atoms with E-state index < -0.39 is 17.9 Å². The van der Waals surface area contributed by atoms with Gasteiger partial charge in [-0.3, -0.25) is 20.4 Å². The number of carbonyl (C=O) groups is 2. The fourth-order valence-electron chi connectivity index (χ4n) is 2.19. The van der Waals surface area contributed by atoms with Crippen molar-refractivity contribution in [2.45, 2.75) is 33.3 Å². The van der Waals surface area contributed by atoms with Crippen LogP contribution in [0, 0.1) is 6.92 Å². The van der Waals surface area contributed by atoms with Crippen LogP contribution in [0.2, 0.25) is 5.02 Å². The average Bonchev–Trinajstić information content (AvgIpc) is 2.67. The smallest absolute Gasteiger partial charge is 0.279 e. The highest BCUT2D eigenvalue weighted by molar-refractivity contribution is 6.31. The predicted octanol–water partition coefficient (Wildman–Crippen LogP) is 3.20.